The molecule has 4 nitrogen and oxygen atoms in total. The van der Waals surface area contributed by atoms with Crippen LogP contribution < -0.4 is 10.6 Å². The summed E-state index contributed by atoms with van der Waals surface area (Å²) in [4.78, 5) is 11.7. The highest BCUT2D eigenvalue weighted by atomic mass is 19.1. The lowest BCUT2D eigenvalue weighted by atomic mass is 9.85. The molecule has 6 heteroatoms. The number of aliphatic hydroxyl groups excluding tert-OH is 1. The maximum atomic E-state index is 13.6. The van der Waals surface area contributed by atoms with Crippen molar-refractivity contribution in [2.24, 2.45) is 0 Å². The minimum Gasteiger partial charge on any atom is -0.390 e. The summed E-state index contributed by atoms with van der Waals surface area (Å²) in [7, 11) is 0. The van der Waals surface area contributed by atoms with Crippen LogP contribution in [0.15, 0.2) is 43.0 Å². The Hall–Kier alpha value is -2.57. The van der Waals surface area contributed by atoms with Gasteiger partial charge in [-0.2, -0.15) is 0 Å². The lowest BCUT2D eigenvalue weighted by molar-refractivity contribution is -0.120. The monoisotopic (exact) mass is 428 g/mol. The van der Waals surface area contributed by atoms with Crippen LogP contribution in [0.2, 0.25) is 0 Å². The van der Waals surface area contributed by atoms with E-state index in [1.165, 1.54) is 30.2 Å². The second-order valence-electron chi connectivity index (χ2n) is 8.40. The van der Waals surface area contributed by atoms with E-state index in [-0.39, 0.29) is 24.9 Å². The Morgan fingerprint density at radius 3 is 2.55 bits per heavy atom. The quantitative estimate of drug-likeness (QED) is 0.594. The van der Waals surface area contributed by atoms with Gasteiger partial charge in [0.1, 0.15) is 11.6 Å². The molecule has 3 atom stereocenters. The van der Waals surface area contributed by atoms with Crippen LogP contribution in [0.5, 0.6) is 0 Å². The van der Waals surface area contributed by atoms with Gasteiger partial charge in [-0.25, -0.2) is 8.78 Å². The van der Waals surface area contributed by atoms with Crippen LogP contribution in [0.25, 0.3) is 5.57 Å². The highest BCUT2D eigenvalue weighted by Gasteiger charge is 2.25. The van der Waals surface area contributed by atoms with E-state index in [1.807, 2.05) is 6.92 Å². The molecule has 0 radical (unpaired) electrons. The third-order valence-corrected chi connectivity index (χ3v) is 5.76. The van der Waals surface area contributed by atoms with Crippen molar-refractivity contribution in [1.82, 2.24) is 10.6 Å². The van der Waals surface area contributed by atoms with E-state index in [9.17, 15) is 18.7 Å². The number of benzene rings is 2. The van der Waals surface area contributed by atoms with Gasteiger partial charge in [-0.3, -0.25) is 4.79 Å². The molecule has 1 unspecified atom stereocenters. The molecule has 3 N–H and O–H groups in total. The zero-order chi connectivity index (χ0) is 22.5. The first-order valence-corrected chi connectivity index (χ1v) is 10.6. The zero-order valence-electron chi connectivity index (χ0n) is 18.1. The van der Waals surface area contributed by atoms with E-state index in [1.54, 1.807) is 0 Å². The molecule has 31 heavy (non-hydrogen) atoms. The maximum Gasteiger partial charge on any atom is 0.217 e. The number of hydrogen-bond donors (Lipinski definition) is 3. The Morgan fingerprint density at radius 1 is 1.19 bits per heavy atom. The number of hydrogen-bond acceptors (Lipinski definition) is 3. The summed E-state index contributed by atoms with van der Waals surface area (Å²) in [5, 5.41) is 16.9. The maximum absolute atomic E-state index is 13.6. The average molecular weight is 429 g/mol. The van der Waals surface area contributed by atoms with Gasteiger partial charge in [-0.05, 0) is 73.1 Å². The van der Waals surface area contributed by atoms with Gasteiger partial charge >= 0.3 is 0 Å². The molecule has 0 spiro atoms. The van der Waals surface area contributed by atoms with Crippen molar-refractivity contribution < 1.29 is 18.7 Å². The molecule has 1 amide bonds. The zero-order valence-corrected chi connectivity index (χ0v) is 18.1. The molecular formula is C25H30F2N2O2. The summed E-state index contributed by atoms with van der Waals surface area (Å²) in [6, 6.07) is 9.03. The molecule has 0 aliphatic heterocycles. The first kappa shape index (κ1) is 23.1. The average Bonchev–Trinajstić information content (AvgIpc) is 2.70. The molecule has 0 aromatic heterocycles. The lowest BCUT2D eigenvalue weighted by Gasteiger charge is -2.30. The van der Waals surface area contributed by atoms with Gasteiger partial charge in [0.2, 0.25) is 5.91 Å². The molecule has 0 bridgehead atoms. The largest absolute Gasteiger partial charge is 0.390 e. The molecule has 1 aliphatic carbocycles. The van der Waals surface area contributed by atoms with Gasteiger partial charge in [-0.15, -0.1) is 0 Å². The van der Waals surface area contributed by atoms with E-state index >= 15 is 0 Å². The van der Waals surface area contributed by atoms with Crippen molar-refractivity contribution in [3.8, 4) is 0 Å². The Morgan fingerprint density at radius 2 is 1.90 bits per heavy atom. The molecule has 2 aromatic rings. The number of fused-ring (bicyclic) bond motifs is 1. The molecule has 0 fully saturated rings. The fraction of sp³-hybridized carbons (Fsp3) is 0.400. The van der Waals surface area contributed by atoms with Gasteiger partial charge in [0.15, 0.2) is 0 Å². The van der Waals surface area contributed by atoms with Crippen molar-refractivity contribution in [3.63, 3.8) is 0 Å². The molecule has 1 aliphatic rings. The summed E-state index contributed by atoms with van der Waals surface area (Å²) < 4.78 is 27.1. The first-order chi connectivity index (χ1) is 14.7. The predicted octanol–water partition coefficient (Wildman–Crippen LogP) is 4.07. The fourth-order valence-electron chi connectivity index (χ4n) is 4.21. The van der Waals surface area contributed by atoms with Crippen molar-refractivity contribution in [2.45, 2.75) is 57.7 Å². The molecule has 2 aromatic carbocycles. The van der Waals surface area contributed by atoms with Crippen LogP contribution in [-0.2, 0) is 17.6 Å². The van der Waals surface area contributed by atoms with Gasteiger partial charge in [-0.1, -0.05) is 24.3 Å². The van der Waals surface area contributed by atoms with E-state index in [2.05, 4.69) is 35.4 Å². The lowest BCUT2D eigenvalue weighted by Crippen LogP contribution is -2.48. The first-order valence-electron chi connectivity index (χ1n) is 10.6. The number of aryl methyl sites for hydroxylation is 1. The normalized spacial score (nSPS) is 17.5. The second kappa shape index (κ2) is 10.2. The predicted molar refractivity (Wildman–Crippen MR) is 119 cm³/mol. The molecule has 0 saturated carbocycles. The number of nitrogens with one attached hydrogen (secondary N) is 2. The van der Waals surface area contributed by atoms with Crippen LogP contribution in [0.1, 0.15) is 55.0 Å². The molecule has 0 heterocycles. The van der Waals surface area contributed by atoms with E-state index in [4.69, 9.17) is 0 Å². The number of rotatable bonds is 8. The number of carbonyl (C=O) groups is 1. The summed E-state index contributed by atoms with van der Waals surface area (Å²) in [6.45, 7) is 7.60. The van der Waals surface area contributed by atoms with Gasteiger partial charge in [0.05, 0.1) is 12.1 Å². The smallest absolute Gasteiger partial charge is 0.217 e. The van der Waals surface area contributed by atoms with E-state index < -0.39 is 23.8 Å². The van der Waals surface area contributed by atoms with Gasteiger partial charge in [0.25, 0.3) is 0 Å². The number of carbonyl (C=O) groups excluding carboxylic acids is 1. The fourth-order valence-corrected chi connectivity index (χ4v) is 4.21. The number of amides is 1. The second-order valence-corrected chi connectivity index (χ2v) is 8.40. The van der Waals surface area contributed by atoms with Crippen molar-refractivity contribution in [3.05, 3.63) is 76.9 Å². The molecule has 3 rings (SSSR count). The van der Waals surface area contributed by atoms with Crippen molar-refractivity contribution in [2.75, 3.05) is 6.54 Å². The Kier molecular flexibility index (Phi) is 7.57. The van der Waals surface area contributed by atoms with Crippen LogP contribution in [0.3, 0.4) is 0 Å². The summed E-state index contributed by atoms with van der Waals surface area (Å²) in [5.74, 6) is -1.68. The highest BCUT2D eigenvalue weighted by Crippen LogP contribution is 2.31. The van der Waals surface area contributed by atoms with E-state index in [0.29, 0.717) is 5.56 Å². The third kappa shape index (κ3) is 6.21. The van der Waals surface area contributed by atoms with Crippen molar-refractivity contribution >= 4 is 11.5 Å². The highest BCUT2D eigenvalue weighted by molar-refractivity contribution is 5.73. The third-order valence-electron chi connectivity index (χ3n) is 5.76. The standard InChI is InChI=1S/C25H30F2N2O2/c1-15(2)19-8-7-18-5-4-6-23(22(18)12-19)28-14-25(31)24(29-16(3)30)11-17-9-20(26)13-21(27)10-17/h7-10,12-13,23-25,28,31H,1,4-6,11,14H2,2-3H3,(H,29,30)/t23?,24-,25+/m0/s1. The summed E-state index contributed by atoms with van der Waals surface area (Å²) in [6.07, 6.45) is 2.21. The molecule has 0 saturated heterocycles. The van der Waals surface area contributed by atoms with Crippen molar-refractivity contribution in [1.29, 1.82) is 0 Å². The molecule has 166 valence electrons. The van der Waals surface area contributed by atoms with Crippen LogP contribution >= 0.6 is 0 Å². The Labute approximate surface area is 182 Å². The topological polar surface area (TPSA) is 61.4 Å². The van der Waals surface area contributed by atoms with Crippen LogP contribution in [0, 0.1) is 11.6 Å². The molecular weight excluding hydrogens is 398 g/mol. The minimum atomic E-state index is -0.926. The van der Waals surface area contributed by atoms with Gasteiger partial charge < -0.3 is 15.7 Å². The SMILES string of the molecule is C=C(C)c1ccc2c(c1)C(NC[C@@H](O)[C@H](Cc1cc(F)cc(F)c1)NC(C)=O)CCC2. The Balaban J connectivity index is 1.71. The number of allylic oxidation sites excluding steroid dienone is 1. The summed E-state index contributed by atoms with van der Waals surface area (Å²) >= 11 is 0. The summed E-state index contributed by atoms with van der Waals surface area (Å²) in [5.41, 5.74) is 4.97. The number of halogens is 2. The number of aliphatic hydroxyl groups is 1. The van der Waals surface area contributed by atoms with Crippen LogP contribution in [0.4, 0.5) is 8.78 Å². The van der Waals surface area contributed by atoms with Gasteiger partial charge in [0, 0.05) is 25.6 Å². The Bertz CT molecular complexity index is 940. The van der Waals surface area contributed by atoms with Crippen LogP contribution in [-0.4, -0.2) is 29.7 Å². The van der Waals surface area contributed by atoms with E-state index in [0.717, 1.165) is 36.5 Å². The minimum absolute atomic E-state index is 0.0855.